The standard InChI is InChI=1S/C11H22NO3P/c1-11(2,3)15-10(13)12-6-9(7-12)8-16(4,5)14/h9H,6-8H2,1-5H3. The summed E-state index contributed by atoms with van der Waals surface area (Å²) in [5, 5.41) is 0. The van der Waals surface area contributed by atoms with Gasteiger partial charge in [-0.2, -0.15) is 0 Å². The molecular formula is C11H22NO3P. The van der Waals surface area contributed by atoms with Crippen LogP contribution in [0, 0.1) is 5.92 Å². The summed E-state index contributed by atoms with van der Waals surface area (Å²) in [6.45, 7) is 10.5. The maximum atomic E-state index is 11.6. The fourth-order valence-corrected chi connectivity index (χ4v) is 3.26. The molecule has 1 fully saturated rings. The van der Waals surface area contributed by atoms with E-state index in [4.69, 9.17) is 4.74 Å². The molecule has 94 valence electrons. The molecule has 0 aliphatic carbocycles. The molecule has 0 N–H and O–H groups in total. The van der Waals surface area contributed by atoms with Crippen LogP contribution in [0.4, 0.5) is 4.79 Å². The van der Waals surface area contributed by atoms with Crippen LogP contribution in [0.3, 0.4) is 0 Å². The number of hydrogen-bond acceptors (Lipinski definition) is 3. The van der Waals surface area contributed by atoms with Gasteiger partial charge in [-0.1, -0.05) is 0 Å². The Balaban J connectivity index is 2.31. The van der Waals surface area contributed by atoms with Crippen LogP contribution in [0.2, 0.25) is 0 Å². The lowest BCUT2D eigenvalue weighted by atomic mass is 10.0. The highest BCUT2D eigenvalue weighted by Crippen LogP contribution is 2.40. The number of nitrogens with zero attached hydrogens (tertiary/aromatic N) is 1. The minimum atomic E-state index is -1.96. The first kappa shape index (κ1) is 13.6. The van der Waals surface area contributed by atoms with Gasteiger partial charge in [-0.05, 0) is 34.1 Å². The Morgan fingerprint density at radius 1 is 1.38 bits per heavy atom. The van der Waals surface area contributed by atoms with E-state index in [1.54, 1.807) is 18.2 Å². The highest BCUT2D eigenvalue weighted by atomic mass is 31.2. The normalized spacial score (nSPS) is 18.2. The van der Waals surface area contributed by atoms with E-state index < -0.39 is 12.7 Å². The highest BCUT2D eigenvalue weighted by molar-refractivity contribution is 7.62. The van der Waals surface area contributed by atoms with Gasteiger partial charge in [0.2, 0.25) is 0 Å². The molecule has 1 heterocycles. The summed E-state index contributed by atoms with van der Waals surface area (Å²) < 4.78 is 16.8. The van der Waals surface area contributed by atoms with Gasteiger partial charge in [0.25, 0.3) is 0 Å². The first-order chi connectivity index (χ1) is 7.07. The van der Waals surface area contributed by atoms with Crippen LogP contribution in [0.5, 0.6) is 0 Å². The van der Waals surface area contributed by atoms with Crippen LogP contribution >= 0.6 is 7.14 Å². The zero-order valence-corrected chi connectivity index (χ0v) is 11.7. The average Bonchev–Trinajstić information content (AvgIpc) is 1.89. The summed E-state index contributed by atoms with van der Waals surface area (Å²) in [5.41, 5.74) is -0.438. The number of likely N-dealkylation sites (tertiary alicyclic amines) is 1. The molecule has 1 aliphatic heterocycles. The zero-order valence-electron chi connectivity index (χ0n) is 10.8. The fraction of sp³-hybridized carbons (Fsp3) is 0.909. The SMILES string of the molecule is CC(C)(C)OC(=O)N1CC(CP(C)(C)=O)C1. The summed E-state index contributed by atoms with van der Waals surface area (Å²) in [7, 11) is -1.96. The molecule has 1 rings (SSSR count). The largest absolute Gasteiger partial charge is 0.444 e. The van der Waals surface area contributed by atoms with Gasteiger partial charge in [0, 0.05) is 25.2 Å². The lowest BCUT2D eigenvalue weighted by molar-refractivity contribution is 0.00189. The maximum absolute atomic E-state index is 11.6. The molecule has 0 unspecified atom stereocenters. The predicted octanol–water partition coefficient (Wildman–Crippen LogP) is 2.48. The Labute approximate surface area is 97.7 Å². The van der Waals surface area contributed by atoms with Crippen LogP contribution in [-0.2, 0) is 9.30 Å². The summed E-state index contributed by atoms with van der Waals surface area (Å²) in [6, 6.07) is 0. The van der Waals surface area contributed by atoms with E-state index in [9.17, 15) is 9.36 Å². The third-order valence-corrected chi connectivity index (χ3v) is 3.70. The van der Waals surface area contributed by atoms with E-state index in [1.807, 2.05) is 20.8 Å². The molecule has 0 aromatic rings. The second-order valence-electron chi connectivity index (χ2n) is 6.01. The third-order valence-electron chi connectivity index (χ3n) is 2.31. The topological polar surface area (TPSA) is 46.6 Å². The second-order valence-corrected chi connectivity index (χ2v) is 9.52. The number of ether oxygens (including phenoxy) is 1. The lowest BCUT2D eigenvalue weighted by Crippen LogP contribution is -2.52. The molecular weight excluding hydrogens is 225 g/mol. The smallest absolute Gasteiger partial charge is 0.410 e. The van der Waals surface area contributed by atoms with Crippen molar-refractivity contribution < 1.29 is 14.1 Å². The van der Waals surface area contributed by atoms with Gasteiger partial charge in [-0.15, -0.1) is 0 Å². The number of carbonyl (C=O) groups excluding carboxylic acids is 1. The van der Waals surface area contributed by atoms with Gasteiger partial charge in [0.1, 0.15) is 5.60 Å². The highest BCUT2D eigenvalue weighted by Gasteiger charge is 2.35. The van der Waals surface area contributed by atoms with Gasteiger partial charge in [0.05, 0.1) is 7.14 Å². The van der Waals surface area contributed by atoms with Crippen molar-refractivity contribution in [3.8, 4) is 0 Å². The zero-order chi connectivity index (χ0) is 12.6. The van der Waals surface area contributed by atoms with Crippen molar-refractivity contribution in [3.05, 3.63) is 0 Å². The maximum Gasteiger partial charge on any atom is 0.410 e. The van der Waals surface area contributed by atoms with Crippen molar-refractivity contribution >= 4 is 13.2 Å². The Morgan fingerprint density at radius 3 is 2.25 bits per heavy atom. The molecule has 1 aliphatic rings. The third kappa shape index (κ3) is 4.56. The number of rotatable bonds is 2. The van der Waals surface area contributed by atoms with E-state index >= 15 is 0 Å². The Hall–Kier alpha value is -0.500. The first-order valence-electron chi connectivity index (χ1n) is 5.59. The molecule has 0 aromatic heterocycles. The first-order valence-corrected chi connectivity index (χ1v) is 8.37. The molecule has 4 nitrogen and oxygen atoms in total. The number of carbonyl (C=O) groups is 1. The van der Waals surface area contributed by atoms with E-state index in [1.165, 1.54) is 0 Å². The van der Waals surface area contributed by atoms with E-state index in [0.29, 0.717) is 19.0 Å². The molecule has 1 saturated heterocycles. The van der Waals surface area contributed by atoms with Crippen molar-refractivity contribution in [1.29, 1.82) is 0 Å². The molecule has 0 bridgehead atoms. The molecule has 0 saturated carbocycles. The Kier molecular flexibility index (Phi) is 3.73. The summed E-state index contributed by atoms with van der Waals surface area (Å²) in [6.07, 6.45) is 0.470. The molecule has 0 aromatic carbocycles. The van der Waals surface area contributed by atoms with E-state index in [0.717, 1.165) is 6.16 Å². The van der Waals surface area contributed by atoms with Crippen LogP contribution in [0.25, 0.3) is 0 Å². The summed E-state index contributed by atoms with van der Waals surface area (Å²) >= 11 is 0. The van der Waals surface area contributed by atoms with Crippen molar-refractivity contribution in [2.24, 2.45) is 5.92 Å². The monoisotopic (exact) mass is 247 g/mol. The van der Waals surface area contributed by atoms with Crippen molar-refractivity contribution in [2.45, 2.75) is 26.4 Å². The van der Waals surface area contributed by atoms with Gasteiger partial charge in [-0.25, -0.2) is 4.79 Å². The minimum absolute atomic E-state index is 0.259. The molecule has 0 atom stereocenters. The fourth-order valence-electron chi connectivity index (χ4n) is 1.78. The molecule has 1 amide bonds. The van der Waals surface area contributed by atoms with Crippen LogP contribution in [0.15, 0.2) is 0 Å². The van der Waals surface area contributed by atoms with Gasteiger partial charge in [-0.3, -0.25) is 0 Å². The minimum Gasteiger partial charge on any atom is -0.444 e. The van der Waals surface area contributed by atoms with Crippen LogP contribution in [0.1, 0.15) is 20.8 Å². The van der Waals surface area contributed by atoms with E-state index in [2.05, 4.69) is 0 Å². The number of hydrogen-bond donors (Lipinski definition) is 0. The predicted molar refractivity (Wildman–Crippen MR) is 65.6 cm³/mol. The quantitative estimate of drug-likeness (QED) is 0.704. The molecule has 5 heteroatoms. The average molecular weight is 247 g/mol. The van der Waals surface area contributed by atoms with E-state index in [-0.39, 0.29) is 6.09 Å². The van der Waals surface area contributed by atoms with Crippen molar-refractivity contribution in [3.63, 3.8) is 0 Å². The molecule has 16 heavy (non-hydrogen) atoms. The molecule has 0 radical (unpaired) electrons. The van der Waals surface area contributed by atoms with Gasteiger partial charge < -0.3 is 14.2 Å². The van der Waals surface area contributed by atoms with Gasteiger partial charge in [0.15, 0.2) is 0 Å². The lowest BCUT2D eigenvalue weighted by Gasteiger charge is -2.40. The van der Waals surface area contributed by atoms with Gasteiger partial charge >= 0.3 is 6.09 Å². The Morgan fingerprint density at radius 2 is 1.88 bits per heavy atom. The Bertz CT molecular complexity index is 310. The van der Waals surface area contributed by atoms with Crippen LogP contribution < -0.4 is 0 Å². The molecule has 0 spiro atoms. The second kappa shape index (κ2) is 4.40. The van der Waals surface area contributed by atoms with Crippen LogP contribution in [-0.4, -0.2) is 49.2 Å². The summed E-state index contributed by atoms with van der Waals surface area (Å²) in [4.78, 5) is 13.3. The van der Waals surface area contributed by atoms with Crippen molar-refractivity contribution in [1.82, 2.24) is 4.90 Å². The summed E-state index contributed by atoms with van der Waals surface area (Å²) in [5.74, 6) is 0.383. The number of amides is 1. The van der Waals surface area contributed by atoms with Crippen molar-refractivity contribution in [2.75, 3.05) is 32.6 Å².